The molecule has 0 aliphatic carbocycles. The number of hydrogen-bond acceptors (Lipinski definition) is 5. The van der Waals surface area contributed by atoms with Gasteiger partial charge in [-0.1, -0.05) is 42.0 Å². The lowest BCUT2D eigenvalue weighted by Gasteiger charge is -2.25. The van der Waals surface area contributed by atoms with Crippen molar-refractivity contribution in [1.29, 1.82) is 0 Å². The molecule has 1 fully saturated rings. The van der Waals surface area contributed by atoms with E-state index >= 15 is 0 Å². The molecule has 2 aromatic carbocycles. The summed E-state index contributed by atoms with van der Waals surface area (Å²) in [7, 11) is 0. The minimum Gasteiger partial charge on any atom is -0.507 e. The fourth-order valence-electron chi connectivity index (χ4n) is 3.88. The van der Waals surface area contributed by atoms with Gasteiger partial charge in [0.1, 0.15) is 11.5 Å². The van der Waals surface area contributed by atoms with Crippen LogP contribution in [-0.2, 0) is 16.1 Å². The van der Waals surface area contributed by atoms with Gasteiger partial charge in [0.25, 0.3) is 11.7 Å². The first-order valence-corrected chi connectivity index (χ1v) is 10.5. The minimum absolute atomic E-state index is 0.0709. The van der Waals surface area contributed by atoms with Gasteiger partial charge < -0.3 is 14.7 Å². The molecule has 0 radical (unpaired) electrons. The highest BCUT2D eigenvalue weighted by Crippen LogP contribution is 2.41. The maximum Gasteiger partial charge on any atom is 0.295 e. The second kappa shape index (κ2) is 9.06. The number of Topliss-reactive ketones (excluding diaryl/α,β-unsaturated/α-hetero) is 1. The Morgan fingerprint density at radius 1 is 1.06 bits per heavy atom. The van der Waals surface area contributed by atoms with Crippen LogP contribution in [0.5, 0.6) is 5.75 Å². The van der Waals surface area contributed by atoms with E-state index in [4.69, 9.17) is 4.74 Å². The van der Waals surface area contributed by atoms with Crippen molar-refractivity contribution >= 4 is 17.4 Å². The molecule has 2 heterocycles. The van der Waals surface area contributed by atoms with Crippen LogP contribution in [0, 0.1) is 6.92 Å². The second-order valence-corrected chi connectivity index (χ2v) is 7.65. The van der Waals surface area contributed by atoms with E-state index in [1.807, 2.05) is 50.2 Å². The van der Waals surface area contributed by atoms with Gasteiger partial charge in [-0.15, -0.1) is 0 Å². The average molecular weight is 428 g/mol. The molecule has 4 rings (SSSR count). The highest BCUT2D eigenvalue weighted by Gasteiger charge is 2.46. The average Bonchev–Trinajstić information content (AvgIpc) is 3.05. The summed E-state index contributed by atoms with van der Waals surface area (Å²) in [6.45, 7) is 4.53. The smallest absolute Gasteiger partial charge is 0.295 e. The van der Waals surface area contributed by atoms with Crippen LogP contribution in [0.15, 0.2) is 78.6 Å². The van der Waals surface area contributed by atoms with Gasteiger partial charge in [0, 0.05) is 24.5 Å². The lowest BCUT2D eigenvalue weighted by molar-refractivity contribution is -0.140. The highest BCUT2D eigenvalue weighted by atomic mass is 16.5. The number of aryl methyl sites for hydroxylation is 1. The number of ketones is 1. The highest BCUT2D eigenvalue weighted by molar-refractivity contribution is 6.46. The van der Waals surface area contributed by atoms with Crippen LogP contribution < -0.4 is 4.74 Å². The summed E-state index contributed by atoms with van der Waals surface area (Å²) in [5, 5.41) is 11.1. The summed E-state index contributed by atoms with van der Waals surface area (Å²) in [5.41, 5.74) is 3.12. The number of carbonyl (C=O) groups is 2. The van der Waals surface area contributed by atoms with Crippen molar-refractivity contribution in [3.05, 3.63) is 101 Å². The van der Waals surface area contributed by atoms with Crippen LogP contribution >= 0.6 is 0 Å². The molecule has 0 bridgehead atoms. The first-order valence-electron chi connectivity index (χ1n) is 10.5. The zero-order chi connectivity index (χ0) is 22.7. The van der Waals surface area contributed by atoms with Gasteiger partial charge in [0.2, 0.25) is 0 Å². The molecule has 1 aromatic heterocycles. The summed E-state index contributed by atoms with van der Waals surface area (Å²) in [6.07, 6.45) is 3.28. The molecule has 1 saturated heterocycles. The predicted molar refractivity (Wildman–Crippen MR) is 121 cm³/mol. The Morgan fingerprint density at radius 2 is 1.78 bits per heavy atom. The van der Waals surface area contributed by atoms with Gasteiger partial charge in [0.05, 0.1) is 18.2 Å². The molecule has 1 unspecified atom stereocenters. The van der Waals surface area contributed by atoms with Crippen LogP contribution in [-0.4, -0.2) is 33.3 Å². The molecule has 1 aliphatic heterocycles. The largest absolute Gasteiger partial charge is 0.507 e. The standard InChI is InChI=1S/C26H24N2O4/c1-3-32-21-6-4-5-20(15-21)23-22(24(29)19-9-7-17(2)8-10-19)25(30)26(31)28(23)16-18-11-13-27-14-12-18/h4-15,23,29H,3,16H2,1-2H3. The van der Waals surface area contributed by atoms with E-state index in [-0.39, 0.29) is 17.9 Å². The maximum atomic E-state index is 13.1. The quantitative estimate of drug-likeness (QED) is 0.357. The Hall–Kier alpha value is -3.93. The van der Waals surface area contributed by atoms with E-state index in [0.29, 0.717) is 23.5 Å². The monoisotopic (exact) mass is 428 g/mol. The van der Waals surface area contributed by atoms with Crippen molar-refractivity contribution in [2.24, 2.45) is 0 Å². The van der Waals surface area contributed by atoms with Crippen molar-refractivity contribution in [3.8, 4) is 5.75 Å². The number of carbonyl (C=O) groups excluding carboxylic acids is 2. The minimum atomic E-state index is -0.745. The molecule has 6 heteroatoms. The van der Waals surface area contributed by atoms with Gasteiger partial charge in [-0.05, 0) is 49.2 Å². The third kappa shape index (κ3) is 4.12. The number of aromatic nitrogens is 1. The number of amides is 1. The number of pyridine rings is 1. The van der Waals surface area contributed by atoms with Crippen LogP contribution in [0.1, 0.15) is 35.2 Å². The zero-order valence-corrected chi connectivity index (χ0v) is 18.0. The molecule has 1 amide bonds. The Labute approximate surface area is 186 Å². The lowest BCUT2D eigenvalue weighted by Crippen LogP contribution is -2.29. The Kier molecular flexibility index (Phi) is 6.03. The Morgan fingerprint density at radius 3 is 2.47 bits per heavy atom. The summed E-state index contributed by atoms with van der Waals surface area (Å²) in [4.78, 5) is 31.7. The topological polar surface area (TPSA) is 79.7 Å². The number of aliphatic hydroxyl groups excluding tert-OH is 1. The summed E-state index contributed by atoms with van der Waals surface area (Å²) in [5.74, 6) is -0.909. The number of benzene rings is 2. The SMILES string of the molecule is CCOc1cccc(C2C(=C(O)c3ccc(C)cc3)C(=O)C(=O)N2Cc2ccncc2)c1. The van der Waals surface area contributed by atoms with Crippen molar-refractivity contribution in [3.63, 3.8) is 0 Å². The third-order valence-electron chi connectivity index (χ3n) is 5.45. The molecule has 162 valence electrons. The number of rotatable bonds is 6. The van der Waals surface area contributed by atoms with Crippen LogP contribution in [0.2, 0.25) is 0 Å². The van der Waals surface area contributed by atoms with Crippen LogP contribution in [0.3, 0.4) is 0 Å². The van der Waals surface area contributed by atoms with E-state index in [1.165, 1.54) is 4.90 Å². The predicted octanol–water partition coefficient (Wildman–Crippen LogP) is 4.41. The van der Waals surface area contributed by atoms with Crippen LogP contribution in [0.25, 0.3) is 5.76 Å². The summed E-state index contributed by atoms with van der Waals surface area (Å²) >= 11 is 0. The van der Waals surface area contributed by atoms with Gasteiger partial charge in [-0.2, -0.15) is 0 Å². The maximum absolute atomic E-state index is 13.1. The number of aliphatic hydroxyl groups is 1. The zero-order valence-electron chi connectivity index (χ0n) is 18.0. The fraction of sp³-hybridized carbons (Fsp3) is 0.192. The number of nitrogens with zero attached hydrogens (tertiary/aromatic N) is 2. The summed E-state index contributed by atoms with van der Waals surface area (Å²) < 4.78 is 5.63. The van der Waals surface area contributed by atoms with Crippen molar-refractivity contribution in [1.82, 2.24) is 9.88 Å². The van der Waals surface area contributed by atoms with E-state index in [9.17, 15) is 14.7 Å². The fourth-order valence-corrected chi connectivity index (χ4v) is 3.88. The molecule has 32 heavy (non-hydrogen) atoms. The molecular weight excluding hydrogens is 404 g/mol. The van der Waals surface area contributed by atoms with E-state index in [2.05, 4.69) is 4.98 Å². The van der Waals surface area contributed by atoms with Gasteiger partial charge >= 0.3 is 0 Å². The van der Waals surface area contributed by atoms with Crippen molar-refractivity contribution in [2.45, 2.75) is 26.4 Å². The number of hydrogen-bond donors (Lipinski definition) is 1. The normalized spacial score (nSPS) is 17.6. The summed E-state index contributed by atoms with van der Waals surface area (Å²) in [6, 6.07) is 17.3. The molecule has 0 spiro atoms. The molecule has 3 aromatic rings. The Balaban J connectivity index is 1.86. The molecule has 6 nitrogen and oxygen atoms in total. The molecule has 0 saturated carbocycles. The van der Waals surface area contributed by atoms with E-state index in [0.717, 1.165) is 11.1 Å². The lowest BCUT2D eigenvalue weighted by atomic mass is 9.94. The molecule has 1 N–H and O–H groups in total. The van der Waals surface area contributed by atoms with Gasteiger partial charge in [-0.3, -0.25) is 14.6 Å². The Bertz CT molecular complexity index is 1170. The van der Waals surface area contributed by atoms with Gasteiger partial charge in [0.15, 0.2) is 0 Å². The van der Waals surface area contributed by atoms with Crippen molar-refractivity contribution < 1.29 is 19.4 Å². The first kappa shape index (κ1) is 21.3. The van der Waals surface area contributed by atoms with E-state index < -0.39 is 17.7 Å². The molecular formula is C26H24N2O4. The van der Waals surface area contributed by atoms with Gasteiger partial charge in [-0.25, -0.2) is 0 Å². The third-order valence-corrected chi connectivity index (χ3v) is 5.45. The number of likely N-dealkylation sites (tertiary alicyclic amines) is 1. The first-order chi connectivity index (χ1) is 15.5. The molecule has 1 aliphatic rings. The molecule has 1 atom stereocenters. The van der Waals surface area contributed by atoms with E-state index in [1.54, 1.807) is 36.7 Å². The van der Waals surface area contributed by atoms with Crippen molar-refractivity contribution in [2.75, 3.05) is 6.61 Å². The second-order valence-electron chi connectivity index (χ2n) is 7.65. The number of ether oxygens (including phenoxy) is 1. The van der Waals surface area contributed by atoms with Crippen LogP contribution in [0.4, 0.5) is 0 Å².